The van der Waals surface area contributed by atoms with Crippen LogP contribution in [-0.4, -0.2) is 25.8 Å². The molecule has 0 spiro atoms. The molecule has 1 N–H and O–H groups in total. The van der Waals surface area contributed by atoms with Crippen LogP contribution in [0.25, 0.3) is 0 Å². The Kier molecular flexibility index (Phi) is 3.45. The van der Waals surface area contributed by atoms with Crippen LogP contribution in [-0.2, 0) is 4.74 Å². The third kappa shape index (κ3) is 2.48. The van der Waals surface area contributed by atoms with Gasteiger partial charge in [-0.1, -0.05) is 13.8 Å². The Labute approximate surface area is 87.4 Å². The minimum Gasteiger partial charge on any atom is -0.381 e. The van der Waals surface area contributed by atoms with Gasteiger partial charge in [-0.25, -0.2) is 0 Å². The van der Waals surface area contributed by atoms with Crippen molar-refractivity contribution in [3.05, 3.63) is 0 Å². The second-order valence-corrected chi connectivity index (χ2v) is 5.37. The molecule has 1 aliphatic carbocycles. The van der Waals surface area contributed by atoms with Gasteiger partial charge in [0, 0.05) is 12.0 Å². The van der Waals surface area contributed by atoms with Crippen molar-refractivity contribution >= 4 is 0 Å². The first-order chi connectivity index (χ1) is 6.75. The monoisotopic (exact) mass is 197 g/mol. The zero-order chi connectivity index (χ0) is 9.97. The average Bonchev–Trinajstić information content (AvgIpc) is 2.46. The highest BCUT2D eigenvalue weighted by atomic mass is 16.5. The van der Waals surface area contributed by atoms with Gasteiger partial charge in [0.2, 0.25) is 0 Å². The lowest BCUT2D eigenvalue weighted by atomic mass is 9.89. The molecule has 0 radical (unpaired) electrons. The van der Waals surface area contributed by atoms with Crippen LogP contribution in [0.3, 0.4) is 0 Å². The number of rotatable bonds is 4. The van der Waals surface area contributed by atoms with E-state index in [4.69, 9.17) is 4.74 Å². The predicted octanol–water partition coefficient (Wildman–Crippen LogP) is 2.05. The summed E-state index contributed by atoms with van der Waals surface area (Å²) in [6.07, 6.45) is 4.19. The smallest absolute Gasteiger partial charge is 0.0519 e. The van der Waals surface area contributed by atoms with Gasteiger partial charge in [0.05, 0.1) is 13.2 Å². The van der Waals surface area contributed by atoms with Gasteiger partial charge in [-0.05, 0) is 37.6 Å². The SMILES string of the molecule is CC(C)CN[C@@H]1CCC(C2COC2)C1. The molecule has 2 fully saturated rings. The third-order valence-corrected chi connectivity index (χ3v) is 3.62. The fourth-order valence-corrected chi connectivity index (χ4v) is 2.56. The summed E-state index contributed by atoms with van der Waals surface area (Å²) >= 11 is 0. The third-order valence-electron chi connectivity index (χ3n) is 3.62. The van der Waals surface area contributed by atoms with Crippen molar-refractivity contribution in [2.75, 3.05) is 19.8 Å². The van der Waals surface area contributed by atoms with Crippen molar-refractivity contribution in [1.29, 1.82) is 0 Å². The van der Waals surface area contributed by atoms with Crippen LogP contribution in [0.1, 0.15) is 33.1 Å². The van der Waals surface area contributed by atoms with Crippen LogP contribution in [0.15, 0.2) is 0 Å². The Morgan fingerprint density at radius 1 is 1.21 bits per heavy atom. The summed E-state index contributed by atoms with van der Waals surface area (Å²) in [6.45, 7) is 7.79. The number of hydrogen-bond acceptors (Lipinski definition) is 2. The van der Waals surface area contributed by atoms with Gasteiger partial charge in [-0.15, -0.1) is 0 Å². The lowest BCUT2D eigenvalue weighted by molar-refractivity contribution is -0.0596. The maximum Gasteiger partial charge on any atom is 0.0519 e. The molecule has 2 rings (SSSR count). The van der Waals surface area contributed by atoms with Gasteiger partial charge in [-0.3, -0.25) is 0 Å². The molecule has 1 saturated carbocycles. The molecule has 2 nitrogen and oxygen atoms in total. The molecular weight excluding hydrogens is 174 g/mol. The van der Waals surface area contributed by atoms with Crippen molar-refractivity contribution in [3.8, 4) is 0 Å². The van der Waals surface area contributed by atoms with E-state index < -0.39 is 0 Å². The van der Waals surface area contributed by atoms with E-state index in [0.29, 0.717) is 0 Å². The number of nitrogens with one attached hydrogen (secondary N) is 1. The van der Waals surface area contributed by atoms with E-state index in [-0.39, 0.29) is 0 Å². The Balaban J connectivity index is 1.66. The molecule has 0 amide bonds. The van der Waals surface area contributed by atoms with E-state index in [1.54, 1.807) is 0 Å². The van der Waals surface area contributed by atoms with Crippen molar-refractivity contribution in [2.45, 2.75) is 39.2 Å². The molecule has 2 heteroatoms. The van der Waals surface area contributed by atoms with Crippen LogP contribution in [0.2, 0.25) is 0 Å². The minimum absolute atomic E-state index is 0.779. The molecular formula is C12H23NO. The van der Waals surface area contributed by atoms with Gasteiger partial charge >= 0.3 is 0 Å². The number of hydrogen-bond donors (Lipinski definition) is 1. The quantitative estimate of drug-likeness (QED) is 0.744. The molecule has 1 aliphatic heterocycles. The van der Waals surface area contributed by atoms with E-state index in [1.807, 2.05) is 0 Å². The van der Waals surface area contributed by atoms with Crippen LogP contribution >= 0.6 is 0 Å². The molecule has 0 aromatic heterocycles. The molecule has 2 atom stereocenters. The van der Waals surface area contributed by atoms with Crippen LogP contribution in [0.4, 0.5) is 0 Å². The highest BCUT2D eigenvalue weighted by Gasteiger charge is 2.34. The molecule has 1 saturated heterocycles. The second kappa shape index (κ2) is 4.63. The van der Waals surface area contributed by atoms with Crippen molar-refractivity contribution in [2.24, 2.45) is 17.8 Å². The summed E-state index contributed by atoms with van der Waals surface area (Å²) in [6, 6.07) is 0.794. The molecule has 0 aromatic carbocycles. The highest BCUT2D eigenvalue weighted by molar-refractivity contribution is 4.86. The summed E-state index contributed by atoms with van der Waals surface area (Å²) in [5, 5.41) is 3.67. The van der Waals surface area contributed by atoms with E-state index >= 15 is 0 Å². The van der Waals surface area contributed by atoms with Crippen molar-refractivity contribution < 1.29 is 4.74 Å². The molecule has 82 valence electrons. The fraction of sp³-hybridized carbons (Fsp3) is 1.00. The molecule has 2 aliphatic rings. The van der Waals surface area contributed by atoms with Gasteiger partial charge in [0.25, 0.3) is 0 Å². The normalized spacial score (nSPS) is 33.6. The van der Waals surface area contributed by atoms with Gasteiger partial charge in [0.15, 0.2) is 0 Å². The first-order valence-corrected chi connectivity index (χ1v) is 6.07. The maximum atomic E-state index is 5.26. The Bertz CT molecular complexity index is 177. The van der Waals surface area contributed by atoms with E-state index in [2.05, 4.69) is 19.2 Å². The van der Waals surface area contributed by atoms with Crippen LogP contribution in [0.5, 0.6) is 0 Å². The maximum absolute atomic E-state index is 5.26. The Morgan fingerprint density at radius 2 is 2.00 bits per heavy atom. The van der Waals surface area contributed by atoms with Gasteiger partial charge in [-0.2, -0.15) is 0 Å². The first kappa shape index (κ1) is 10.4. The largest absolute Gasteiger partial charge is 0.381 e. The van der Waals surface area contributed by atoms with Crippen LogP contribution in [0, 0.1) is 17.8 Å². The van der Waals surface area contributed by atoms with Gasteiger partial charge in [0.1, 0.15) is 0 Å². The Hall–Kier alpha value is -0.0800. The summed E-state index contributed by atoms with van der Waals surface area (Å²) in [4.78, 5) is 0. The van der Waals surface area contributed by atoms with Crippen LogP contribution < -0.4 is 5.32 Å². The van der Waals surface area contributed by atoms with Crippen molar-refractivity contribution in [3.63, 3.8) is 0 Å². The van der Waals surface area contributed by atoms with Gasteiger partial charge < -0.3 is 10.1 Å². The summed E-state index contributed by atoms with van der Waals surface area (Å²) in [5.74, 6) is 2.62. The van der Waals surface area contributed by atoms with E-state index in [0.717, 1.165) is 37.0 Å². The molecule has 0 aromatic rings. The lowest BCUT2D eigenvalue weighted by Crippen LogP contribution is -2.35. The fourth-order valence-electron chi connectivity index (χ4n) is 2.56. The van der Waals surface area contributed by atoms with E-state index in [1.165, 1.54) is 25.8 Å². The zero-order valence-electron chi connectivity index (χ0n) is 9.46. The standard InChI is InChI=1S/C12H23NO/c1-9(2)6-13-12-4-3-10(5-12)11-7-14-8-11/h9-13H,3-8H2,1-2H3/t10?,12-/m1/s1. The number of ether oxygens (including phenoxy) is 1. The van der Waals surface area contributed by atoms with Crippen molar-refractivity contribution in [1.82, 2.24) is 5.32 Å². The summed E-state index contributed by atoms with van der Waals surface area (Å²) in [5.41, 5.74) is 0. The average molecular weight is 197 g/mol. The lowest BCUT2D eigenvalue weighted by Gasteiger charge is -2.31. The highest BCUT2D eigenvalue weighted by Crippen LogP contribution is 2.35. The second-order valence-electron chi connectivity index (χ2n) is 5.37. The zero-order valence-corrected chi connectivity index (χ0v) is 9.46. The van der Waals surface area contributed by atoms with E-state index in [9.17, 15) is 0 Å². The molecule has 14 heavy (non-hydrogen) atoms. The molecule has 1 unspecified atom stereocenters. The topological polar surface area (TPSA) is 21.3 Å². The first-order valence-electron chi connectivity index (χ1n) is 6.07. The predicted molar refractivity (Wildman–Crippen MR) is 58.3 cm³/mol. The minimum atomic E-state index is 0.779. The summed E-state index contributed by atoms with van der Waals surface area (Å²) < 4.78 is 5.26. The molecule has 1 heterocycles. The molecule has 0 bridgehead atoms. The Morgan fingerprint density at radius 3 is 2.57 bits per heavy atom. The summed E-state index contributed by atoms with van der Waals surface area (Å²) in [7, 11) is 0.